The molecule has 1 heterocycles. The largest absolute Gasteiger partial charge is 0.369 e. The van der Waals surface area contributed by atoms with Gasteiger partial charge in [0.05, 0.1) is 0 Å². The van der Waals surface area contributed by atoms with Crippen LogP contribution in [0.15, 0.2) is 48.0 Å². The second-order valence-corrected chi connectivity index (χ2v) is 10.5. The maximum Gasteiger partial charge on any atom is 0.248 e. The number of hydrogen-bond donors (Lipinski definition) is 1. The number of amides is 1. The molecule has 4 nitrogen and oxygen atoms in total. The summed E-state index contributed by atoms with van der Waals surface area (Å²) in [6, 6.07) is 14.3. The molecule has 0 radical (unpaired) electrons. The molecule has 1 aliphatic heterocycles. The number of aryl methyl sites for hydroxylation is 1. The summed E-state index contributed by atoms with van der Waals surface area (Å²) in [5.74, 6) is -0.362. The lowest BCUT2D eigenvalue weighted by Gasteiger charge is -2.39. The number of nitrogens with two attached hydrogens (primary N) is 1. The Morgan fingerprint density at radius 3 is 2.38 bits per heavy atom. The Kier molecular flexibility index (Phi) is 6.64. The molecule has 170 valence electrons. The Morgan fingerprint density at radius 2 is 1.75 bits per heavy atom. The smallest absolute Gasteiger partial charge is 0.248 e. The van der Waals surface area contributed by atoms with Gasteiger partial charge in [0.15, 0.2) is 0 Å². The van der Waals surface area contributed by atoms with Gasteiger partial charge in [-0.25, -0.2) is 0 Å². The van der Waals surface area contributed by atoms with E-state index in [9.17, 15) is 4.79 Å². The van der Waals surface area contributed by atoms with Crippen molar-refractivity contribution < 1.29 is 4.79 Å². The summed E-state index contributed by atoms with van der Waals surface area (Å²) < 4.78 is 0. The quantitative estimate of drug-likeness (QED) is 0.649. The van der Waals surface area contributed by atoms with Crippen molar-refractivity contribution in [3.63, 3.8) is 0 Å². The third-order valence-electron chi connectivity index (χ3n) is 7.01. The molecule has 2 aromatic carbocycles. The molecule has 2 aromatic rings. The normalized spacial score (nSPS) is 19.3. The fourth-order valence-electron chi connectivity index (χ4n) is 5.02. The van der Waals surface area contributed by atoms with Crippen molar-refractivity contribution in [2.45, 2.75) is 40.0 Å². The van der Waals surface area contributed by atoms with Crippen LogP contribution in [0, 0.1) is 12.3 Å². The van der Waals surface area contributed by atoms with Crippen LogP contribution in [0.2, 0.25) is 5.02 Å². The van der Waals surface area contributed by atoms with Crippen molar-refractivity contribution in [3.8, 4) is 0 Å². The Morgan fingerprint density at radius 1 is 1.06 bits per heavy atom. The van der Waals surface area contributed by atoms with Crippen LogP contribution in [-0.4, -0.2) is 43.5 Å². The van der Waals surface area contributed by atoms with Crippen LogP contribution < -0.4 is 10.6 Å². The second-order valence-electron chi connectivity index (χ2n) is 10.1. The minimum absolute atomic E-state index is 0.339. The van der Waals surface area contributed by atoms with Gasteiger partial charge in [-0.1, -0.05) is 43.2 Å². The predicted octanol–water partition coefficient (Wildman–Crippen LogP) is 5.53. The highest BCUT2D eigenvalue weighted by Crippen LogP contribution is 2.43. The minimum Gasteiger partial charge on any atom is -0.369 e. The number of nitrogens with zero attached hydrogens (tertiary/aromatic N) is 2. The van der Waals surface area contributed by atoms with Crippen molar-refractivity contribution >= 4 is 28.8 Å². The van der Waals surface area contributed by atoms with Crippen molar-refractivity contribution in [3.05, 3.63) is 69.8 Å². The molecule has 0 atom stereocenters. The molecule has 1 saturated heterocycles. The van der Waals surface area contributed by atoms with E-state index in [1.54, 1.807) is 5.57 Å². The summed E-state index contributed by atoms with van der Waals surface area (Å²) in [4.78, 5) is 16.5. The van der Waals surface area contributed by atoms with Crippen LogP contribution >= 0.6 is 11.6 Å². The van der Waals surface area contributed by atoms with Crippen LogP contribution in [0.25, 0.3) is 5.57 Å². The Labute approximate surface area is 197 Å². The zero-order valence-corrected chi connectivity index (χ0v) is 20.2. The van der Waals surface area contributed by atoms with Gasteiger partial charge in [0.1, 0.15) is 0 Å². The maximum atomic E-state index is 11.5. The van der Waals surface area contributed by atoms with Gasteiger partial charge in [0.2, 0.25) is 5.91 Å². The zero-order valence-electron chi connectivity index (χ0n) is 19.5. The van der Waals surface area contributed by atoms with Crippen molar-refractivity contribution in [1.29, 1.82) is 0 Å². The molecule has 4 rings (SSSR count). The molecular formula is C27H34ClN3O. The average molecular weight is 452 g/mol. The lowest BCUT2D eigenvalue weighted by atomic mass is 9.72. The van der Waals surface area contributed by atoms with Gasteiger partial charge >= 0.3 is 0 Å². The Bertz CT molecular complexity index is 1020. The van der Waals surface area contributed by atoms with Gasteiger partial charge < -0.3 is 10.6 Å². The van der Waals surface area contributed by atoms with Gasteiger partial charge in [0.25, 0.3) is 0 Å². The standard InChI is InChI=1S/C27H34ClN3O/c1-19-16-23(8-9-24(19)26(29)32)31-14-12-30(13-15-31)18-21-10-11-27(2,3)17-25(21)20-4-6-22(28)7-5-20/h4-9,16H,10-15,17-18H2,1-3H3,(H2,29,32). The minimum atomic E-state index is -0.362. The molecule has 1 fully saturated rings. The highest BCUT2D eigenvalue weighted by atomic mass is 35.5. The van der Waals surface area contributed by atoms with Crippen molar-refractivity contribution in [2.75, 3.05) is 37.6 Å². The van der Waals surface area contributed by atoms with Gasteiger partial charge in [0, 0.05) is 49.0 Å². The van der Waals surface area contributed by atoms with Crippen LogP contribution in [0.1, 0.15) is 54.6 Å². The highest BCUT2D eigenvalue weighted by molar-refractivity contribution is 6.30. The number of halogens is 1. The van der Waals surface area contributed by atoms with E-state index < -0.39 is 0 Å². The van der Waals surface area contributed by atoms with E-state index in [1.807, 2.05) is 31.2 Å². The molecule has 2 aliphatic rings. The molecule has 1 amide bonds. The van der Waals surface area contributed by atoms with Crippen LogP contribution in [0.4, 0.5) is 5.69 Å². The molecule has 0 saturated carbocycles. The lowest BCUT2D eigenvalue weighted by molar-refractivity contribution is 0.0999. The zero-order chi connectivity index (χ0) is 22.9. The van der Waals surface area contributed by atoms with Gasteiger partial charge in [-0.3, -0.25) is 9.69 Å². The third kappa shape index (κ3) is 5.19. The molecular weight excluding hydrogens is 418 g/mol. The first kappa shape index (κ1) is 22.9. The van der Waals surface area contributed by atoms with E-state index in [0.29, 0.717) is 11.0 Å². The van der Waals surface area contributed by atoms with Gasteiger partial charge in [-0.05, 0) is 78.6 Å². The number of carbonyl (C=O) groups excluding carboxylic acids is 1. The maximum absolute atomic E-state index is 11.5. The molecule has 0 spiro atoms. The number of carbonyl (C=O) groups is 1. The third-order valence-corrected chi connectivity index (χ3v) is 7.26. The first-order chi connectivity index (χ1) is 15.2. The number of piperazine rings is 1. The number of primary amides is 1. The number of rotatable bonds is 5. The van der Waals surface area contributed by atoms with Crippen LogP contribution in [-0.2, 0) is 0 Å². The van der Waals surface area contributed by atoms with Crippen molar-refractivity contribution in [1.82, 2.24) is 4.90 Å². The van der Waals surface area contributed by atoms with Gasteiger partial charge in [-0.2, -0.15) is 0 Å². The molecule has 0 unspecified atom stereocenters. The monoisotopic (exact) mass is 451 g/mol. The summed E-state index contributed by atoms with van der Waals surface area (Å²) in [5, 5.41) is 0.793. The first-order valence-electron chi connectivity index (χ1n) is 11.6. The average Bonchev–Trinajstić information content (AvgIpc) is 2.75. The summed E-state index contributed by atoms with van der Waals surface area (Å²) in [6.07, 6.45) is 3.53. The molecule has 0 aromatic heterocycles. The molecule has 5 heteroatoms. The van der Waals surface area contributed by atoms with E-state index in [4.69, 9.17) is 17.3 Å². The fraction of sp³-hybridized carbons (Fsp3) is 0.444. The van der Waals surface area contributed by atoms with E-state index in [-0.39, 0.29) is 5.91 Å². The van der Waals surface area contributed by atoms with Crippen LogP contribution in [0.5, 0.6) is 0 Å². The lowest BCUT2D eigenvalue weighted by Crippen LogP contribution is -2.47. The summed E-state index contributed by atoms with van der Waals surface area (Å²) in [5.41, 5.74) is 12.9. The highest BCUT2D eigenvalue weighted by Gasteiger charge is 2.29. The molecule has 1 aliphatic carbocycles. The number of benzene rings is 2. The van der Waals surface area contributed by atoms with Crippen molar-refractivity contribution in [2.24, 2.45) is 11.1 Å². The first-order valence-corrected chi connectivity index (χ1v) is 11.9. The SMILES string of the molecule is Cc1cc(N2CCN(CC3=C(c4ccc(Cl)cc4)CC(C)(C)CC3)CC2)ccc1C(N)=O. The summed E-state index contributed by atoms with van der Waals surface area (Å²) in [7, 11) is 0. The predicted molar refractivity (Wildman–Crippen MR) is 134 cm³/mol. The van der Waals surface area contributed by atoms with E-state index >= 15 is 0 Å². The number of allylic oxidation sites excluding steroid dienone is 1. The molecule has 0 bridgehead atoms. The Balaban J connectivity index is 1.46. The van der Waals surface area contributed by atoms with E-state index in [0.717, 1.165) is 49.7 Å². The topological polar surface area (TPSA) is 49.6 Å². The number of anilines is 1. The van der Waals surface area contributed by atoms with E-state index in [1.165, 1.54) is 29.7 Å². The summed E-state index contributed by atoms with van der Waals surface area (Å²) >= 11 is 6.14. The second kappa shape index (κ2) is 9.29. The number of hydrogen-bond acceptors (Lipinski definition) is 3. The Hall–Kier alpha value is -2.30. The molecule has 32 heavy (non-hydrogen) atoms. The fourth-order valence-corrected chi connectivity index (χ4v) is 5.14. The molecule has 2 N–H and O–H groups in total. The van der Waals surface area contributed by atoms with E-state index in [2.05, 4.69) is 41.8 Å². The van der Waals surface area contributed by atoms with Gasteiger partial charge in [-0.15, -0.1) is 0 Å². The summed E-state index contributed by atoms with van der Waals surface area (Å²) in [6.45, 7) is 11.8. The van der Waals surface area contributed by atoms with Crippen LogP contribution in [0.3, 0.4) is 0 Å².